The molecule has 84 valence electrons. The summed E-state index contributed by atoms with van der Waals surface area (Å²) in [5.74, 6) is -0.982. The van der Waals surface area contributed by atoms with E-state index in [1.807, 2.05) is 13.0 Å². The molecule has 0 unspecified atom stereocenters. The van der Waals surface area contributed by atoms with Gasteiger partial charge < -0.3 is 10.0 Å². The molecule has 0 atom stereocenters. The van der Waals surface area contributed by atoms with Crippen LogP contribution in [0.15, 0.2) is 18.2 Å². The number of hydrogen-bond donors (Lipinski definition) is 1. The summed E-state index contributed by atoms with van der Waals surface area (Å²) in [5, 5.41) is 9.10. The number of anilines is 1. The normalized spacial score (nSPS) is 15.6. The molecule has 16 heavy (non-hydrogen) atoms. The summed E-state index contributed by atoms with van der Waals surface area (Å²) in [7, 11) is 0. The molecule has 0 spiro atoms. The van der Waals surface area contributed by atoms with Crippen LogP contribution in [0.3, 0.4) is 0 Å². The van der Waals surface area contributed by atoms with Crippen molar-refractivity contribution in [1.29, 1.82) is 0 Å². The van der Waals surface area contributed by atoms with Crippen molar-refractivity contribution in [2.24, 2.45) is 0 Å². The fourth-order valence-electron chi connectivity index (χ4n) is 1.96. The zero-order valence-corrected chi connectivity index (χ0v) is 9.06. The Labute approximate surface area is 93.5 Å². The lowest BCUT2D eigenvalue weighted by atomic mass is 10.1. The van der Waals surface area contributed by atoms with E-state index in [2.05, 4.69) is 0 Å². The third-order valence-corrected chi connectivity index (χ3v) is 2.75. The topological polar surface area (TPSA) is 57.6 Å². The van der Waals surface area contributed by atoms with Crippen molar-refractivity contribution >= 4 is 17.6 Å². The van der Waals surface area contributed by atoms with Crippen LogP contribution in [0.2, 0.25) is 0 Å². The van der Waals surface area contributed by atoms with E-state index >= 15 is 0 Å². The van der Waals surface area contributed by atoms with Gasteiger partial charge in [0.25, 0.3) is 0 Å². The first-order chi connectivity index (χ1) is 7.59. The maximum atomic E-state index is 11.6. The number of aryl methyl sites for hydroxylation is 1. The Hall–Kier alpha value is -1.84. The Morgan fingerprint density at radius 3 is 2.75 bits per heavy atom. The Bertz CT molecular complexity index is 454. The van der Waals surface area contributed by atoms with Crippen LogP contribution in [-0.4, -0.2) is 23.5 Å². The number of benzene rings is 1. The van der Waals surface area contributed by atoms with Crippen molar-refractivity contribution in [3.05, 3.63) is 29.3 Å². The van der Waals surface area contributed by atoms with Gasteiger partial charge in [-0.1, -0.05) is 11.6 Å². The fourth-order valence-corrected chi connectivity index (χ4v) is 1.96. The molecule has 1 N–H and O–H groups in total. The predicted octanol–water partition coefficient (Wildman–Crippen LogP) is 1.82. The summed E-state index contributed by atoms with van der Waals surface area (Å²) >= 11 is 0. The molecule has 2 rings (SSSR count). The number of carbonyl (C=O) groups is 2. The molecule has 1 aliphatic heterocycles. The number of carbonyl (C=O) groups excluding carboxylic acids is 1. The van der Waals surface area contributed by atoms with Crippen molar-refractivity contribution < 1.29 is 14.7 Å². The van der Waals surface area contributed by atoms with Gasteiger partial charge in [-0.25, -0.2) is 4.79 Å². The smallest absolute Gasteiger partial charge is 0.337 e. The molecule has 0 aromatic heterocycles. The molecule has 0 bridgehead atoms. The zero-order valence-electron chi connectivity index (χ0n) is 9.06. The fraction of sp³-hybridized carbons (Fsp3) is 0.333. The van der Waals surface area contributed by atoms with Gasteiger partial charge >= 0.3 is 5.97 Å². The molecule has 1 saturated heterocycles. The van der Waals surface area contributed by atoms with Gasteiger partial charge in [-0.3, -0.25) is 4.79 Å². The molecule has 0 aliphatic carbocycles. The minimum atomic E-state index is -0.988. The SMILES string of the molecule is Cc1ccc(N2CCCC2=O)c(C(=O)O)c1. The van der Waals surface area contributed by atoms with E-state index in [-0.39, 0.29) is 11.5 Å². The average Bonchev–Trinajstić information content (AvgIpc) is 2.64. The summed E-state index contributed by atoms with van der Waals surface area (Å²) in [6.45, 7) is 2.45. The number of amides is 1. The number of hydrogen-bond acceptors (Lipinski definition) is 2. The number of aromatic carboxylic acids is 1. The summed E-state index contributed by atoms with van der Waals surface area (Å²) in [6, 6.07) is 5.14. The minimum Gasteiger partial charge on any atom is -0.478 e. The standard InChI is InChI=1S/C12H13NO3/c1-8-4-5-10(9(7-8)12(15)16)13-6-2-3-11(13)14/h4-5,7H,2-3,6H2,1H3,(H,15,16). The van der Waals surface area contributed by atoms with E-state index in [1.54, 1.807) is 17.0 Å². The van der Waals surface area contributed by atoms with Crippen LogP contribution >= 0.6 is 0 Å². The van der Waals surface area contributed by atoms with Crippen molar-refractivity contribution in [3.8, 4) is 0 Å². The van der Waals surface area contributed by atoms with Gasteiger partial charge in [0.2, 0.25) is 5.91 Å². The van der Waals surface area contributed by atoms with Crippen molar-refractivity contribution in [1.82, 2.24) is 0 Å². The molecule has 0 radical (unpaired) electrons. The lowest BCUT2D eigenvalue weighted by Crippen LogP contribution is -2.25. The van der Waals surface area contributed by atoms with Crippen LogP contribution in [0.4, 0.5) is 5.69 Å². The molecular formula is C12H13NO3. The van der Waals surface area contributed by atoms with Gasteiger partial charge in [0.1, 0.15) is 0 Å². The predicted molar refractivity (Wildman–Crippen MR) is 59.7 cm³/mol. The third kappa shape index (κ3) is 1.78. The van der Waals surface area contributed by atoms with E-state index in [0.29, 0.717) is 18.7 Å². The minimum absolute atomic E-state index is 0.00588. The van der Waals surface area contributed by atoms with Crippen LogP contribution in [0, 0.1) is 6.92 Å². The van der Waals surface area contributed by atoms with E-state index in [0.717, 1.165) is 12.0 Å². The Morgan fingerprint density at radius 2 is 2.19 bits per heavy atom. The molecule has 1 aromatic rings. The lowest BCUT2D eigenvalue weighted by molar-refractivity contribution is -0.117. The van der Waals surface area contributed by atoms with Gasteiger partial charge in [0.05, 0.1) is 11.3 Å². The van der Waals surface area contributed by atoms with Crippen LogP contribution in [-0.2, 0) is 4.79 Å². The lowest BCUT2D eigenvalue weighted by Gasteiger charge is -2.18. The van der Waals surface area contributed by atoms with E-state index in [1.165, 1.54) is 0 Å². The number of nitrogens with zero attached hydrogens (tertiary/aromatic N) is 1. The molecule has 1 aliphatic rings. The molecule has 4 heteroatoms. The van der Waals surface area contributed by atoms with Gasteiger partial charge in [-0.2, -0.15) is 0 Å². The van der Waals surface area contributed by atoms with Gasteiger partial charge in [-0.05, 0) is 25.5 Å². The van der Waals surface area contributed by atoms with Crippen molar-refractivity contribution in [3.63, 3.8) is 0 Å². The first-order valence-electron chi connectivity index (χ1n) is 5.24. The third-order valence-electron chi connectivity index (χ3n) is 2.75. The van der Waals surface area contributed by atoms with Gasteiger partial charge in [0, 0.05) is 13.0 Å². The number of carboxylic acids is 1. The molecule has 1 amide bonds. The largest absolute Gasteiger partial charge is 0.478 e. The van der Waals surface area contributed by atoms with Crippen LogP contribution in [0.5, 0.6) is 0 Å². The highest BCUT2D eigenvalue weighted by molar-refractivity contribution is 6.03. The van der Waals surface area contributed by atoms with E-state index in [9.17, 15) is 9.59 Å². The molecule has 1 aromatic carbocycles. The van der Waals surface area contributed by atoms with Crippen LogP contribution in [0.25, 0.3) is 0 Å². The van der Waals surface area contributed by atoms with Crippen LogP contribution in [0.1, 0.15) is 28.8 Å². The highest BCUT2D eigenvalue weighted by Crippen LogP contribution is 2.26. The van der Waals surface area contributed by atoms with Crippen LogP contribution < -0.4 is 4.90 Å². The van der Waals surface area contributed by atoms with Gasteiger partial charge in [0.15, 0.2) is 0 Å². The molecule has 4 nitrogen and oxygen atoms in total. The zero-order chi connectivity index (χ0) is 11.7. The first-order valence-corrected chi connectivity index (χ1v) is 5.24. The Balaban J connectivity index is 2.47. The second kappa shape index (κ2) is 3.96. The average molecular weight is 219 g/mol. The Morgan fingerprint density at radius 1 is 1.44 bits per heavy atom. The van der Waals surface area contributed by atoms with Crippen molar-refractivity contribution in [2.75, 3.05) is 11.4 Å². The second-order valence-corrected chi connectivity index (χ2v) is 3.97. The number of rotatable bonds is 2. The van der Waals surface area contributed by atoms with Crippen molar-refractivity contribution in [2.45, 2.75) is 19.8 Å². The monoisotopic (exact) mass is 219 g/mol. The second-order valence-electron chi connectivity index (χ2n) is 3.97. The number of carboxylic acid groups (broad SMARTS) is 1. The maximum absolute atomic E-state index is 11.6. The quantitative estimate of drug-likeness (QED) is 0.825. The maximum Gasteiger partial charge on any atom is 0.337 e. The Kier molecular flexibility index (Phi) is 2.64. The highest BCUT2D eigenvalue weighted by Gasteiger charge is 2.25. The molecule has 1 heterocycles. The highest BCUT2D eigenvalue weighted by atomic mass is 16.4. The first kappa shape index (κ1) is 10.7. The van der Waals surface area contributed by atoms with E-state index < -0.39 is 5.97 Å². The summed E-state index contributed by atoms with van der Waals surface area (Å²) in [5.41, 5.74) is 1.60. The summed E-state index contributed by atoms with van der Waals surface area (Å²) < 4.78 is 0. The molecule has 0 saturated carbocycles. The summed E-state index contributed by atoms with van der Waals surface area (Å²) in [6.07, 6.45) is 1.30. The van der Waals surface area contributed by atoms with E-state index in [4.69, 9.17) is 5.11 Å². The molecule has 1 fully saturated rings. The summed E-state index contributed by atoms with van der Waals surface area (Å²) in [4.78, 5) is 24.2. The molecular weight excluding hydrogens is 206 g/mol. The van der Waals surface area contributed by atoms with Gasteiger partial charge in [-0.15, -0.1) is 0 Å².